The van der Waals surface area contributed by atoms with Gasteiger partial charge in [-0.15, -0.1) is 6.58 Å². The summed E-state index contributed by atoms with van der Waals surface area (Å²) in [5.41, 5.74) is 0. The molecule has 0 fully saturated rings. The van der Waals surface area contributed by atoms with Crippen molar-refractivity contribution >= 4 is 6.09 Å². The first-order chi connectivity index (χ1) is 4.68. The van der Waals surface area contributed by atoms with Gasteiger partial charge >= 0.3 is 6.09 Å². The standard InChI is InChI=1S/C6H12N2O2/c1-2-3-4-5-8(7)6(9)10/h2H,1,3-5,7H2,(H,9,10). The van der Waals surface area contributed by atoms with Gasteiger partial charge in [0.05, 0.1) is 0 Å². The monoisotopic (exact) mass is 144 g/mol. The second kappa shape index (κ2) is 4.81. The van der Waals surface area contributed by atoms with Crippen molar-refractivity contribution in [1.82, 2.24) is 5.01 Å². The molecule has 0 bridgehead atoms. The topological polar surface area (TPSA) is 66.6 Å². The predicted molar refractivity (Wildman–Crippen MR) is 38.3 cm³/mol. The van der Waals surface area contributed by atoms with Crippen molar-refractivity contribution in [2.24, 2.45) is 5.84 Å². The fourth-order valence-corrected chi connectivity index (χ4v) is 0.502. The van der Waals surface area contributed by atoms with Crippen LogP contribution in [-0.4, -0.2) is 22.8 Å². The molecular formula is C6H12N2O2. The van der Waals surface area contributed by atoms with E-state index >= 15 is 0 Å². The number of hydrogen-bond acceptors (Lipinski definition) is 2. The molecule has 1 amide bonds. The summed E-state index contributed by atoms with van der Waals surface area (Å²) in [6.07, 6.45) is 2.16. The second-order valence-corrected chi connectivity index (χ2v) is 1.91. The zero-order chi connectivity index (χ0) is 7.98. The minimum absolute atomic E-state index is 0.362. The number of nitrogens with two attached hydrogens (primary N) is 1. The number of carbonyl (C=O) groups is 1. The lowest BCUT2D eigenvalue weighted by molar-refractivity contribution is 0.145. The highest BCUT2D eigenvalue weighted by Crippen LogP contribution is 1.90. The SMILES string of the molecule is C=CCCCN(N)C(=O)O. The number of amides is 1. The number of hydrogen-bond donors (Lipinski definition) is 2. The lowest BCUT2D eigenvalue weighted by Gasteiger charge is -2.10. The summed E-state index contributed by atoms with van der Waals surface area (Å²) in [4.78, 5) is 10.1. The lowest BCUT2D eigenvalue weighted by atomic mass is 10.3. The molecule has 4 heteroatoms. The highest BCUT2D eigenvalue weighted by atomic mass is 16.4. The van der Waals surface area contributed by atoms with E-state index in [0.29, 0.717) is 6.54 Å². The van der Waals surface area contributed by atoms with E-state index in [1.54, 1.807) is 6.08 Å². The normalized spacial score (nSPS) is 8.90. The van der Waals surface area contributed by atoms with E-state index in [-0.39, 0.29) is 0 Å². The largest absolute Gasteiger partial charge is 0.464 e. The number of unbranched alkanes of at least 4 members (excludes halogenated alkanes) is 1. The van der Waals surface area contributed by atoms with Gasteiger partial charge in [-0.2, -0.15) is 0 Å². The molecule has 0 aliphatic rings. The van der Waals surface area contributed by atoms with E-state index in [0.717, 1.165) is 17.9 Å². The smallest absolute Gasteiger partial charge is 0.421 e. The molecule has 0 rings (SSSR count). The molecule has 4 nitrogen and oxygen atoms in total. The van der Waals surface area contributed by atoms with Crippen LogP contribution in [0.1, 0.15) is 12.8 Å². The Morgan fingerprint density at radius 3 is 2.80 bits per heavy atom. The minimum atomic E-state index is -1.09. The van der Waals surface area contributed by atoms with Gasteiger partial charge in [0.15, 0.2) is 0 Å². The molecule has 0 atom stereocenters. The van der Waals surface area contributed by atoms with Crippen molar-refractivity contribution in [2.45, 2.75) is 12.8 Å². The van der Waals surface area contributed by atoms with Crippen LogP contribution < -0.4 is 5.84 Å². The molecule has 0 aromatic carbocycles. The van der Waals surface area contributed by atoms with Gasteiger partial charge in [0.1, 0.15) is 0 Å². The average molecular weight is 144 g/mol. The molecule has 3 N–H and O–H groups in total. The summed E-state index contributed by atoms with van der Waals surface area (Å²) in [7, 11) is 0. The van der Waals surface area contributed by atoms with Crippen molar-refractivity contribution in [3.8, 4) is 0 Å². The quantitative estimate of drug-likeness (QED) is 0.202. The first-order valence-electron chi connectivity index (χ1n) is 3.04. The number of carboxylic acid groups (broad SMARTS) is 1. The molecule has 0 spiro atoms. The Balaban J connectivity index is 3.30. The van der Waals surface area contributed by atoms with Crippen molar-refractivity contribution < 1.29 is 9.90 Å². The molecule has 58 valence electrons. The zero-order valence-electron chi connectivity index (χ0n) is 5.79. The van der Waals surface area contributed by atoms with Gasteiger partial charge in [-0.1, -0.05) is 6.08 Å². The van der Waals surface area contributed by atoms with Gasteiger partial charge in [-0.25, -0.2) is 15.6 Å². The van der Waals surface area contributed by atoms with Crippen LogP contribution in [0.15, 0.2) is 12.7 Å². The molecule has 0 aromatic rings. The second-order valence-electron chi connectivity index (χ2n) is 1.91. The molecule has 0 aliphatic heterocycles. The summed E-state index contributed by atoms with van der Waals surface area (Å²) >= 11 is 0. The lowest BCUT2D eigenvalue weighted by Crippen LogP contribution is -2.36. The summed E-state index contributed by atoms with van der Waals surface area (Å²) in [5, 5.41) is 9.02. The van der Waals surface area contributed by atoms with E-state index in [9.17, 15) is 4.79 Å². The van der Waals surface area contributed by atoms with E-state index in [1.807, 2.05) is 0 Å². The number of rotatable bonds is 4. The molecular weight excluding hydrogens is 132 g/mol. The van der Waals surface area contributed by atoms with Gasteiger partial charge in [0.25, 0.3) is 0 Å². The highest BCUT2D eigenvalue weighted by Gasteiger charge is 2.02. The van der Waals surface area contributed by atoms with Crippen molar-refractivity contribution in [2.75, 3.05) is 6.54 Å². The molecule has 10 heavy (non-hydrogen) atoms. The van der Waals surface area contributed by atoms with Gasteiger partial charge in [-0.05, 0) is 12.8 Å². The Morgan fingerprint density at radius 2 is 2.40 bits per heavy atom. The van der Waals surface area contributed by atoms with Crippen LogP contribution in [0.5, 0.6) is 0 Å². The van der Waals surface area contributed by atoms with Crippen molar-refractivity contribution in [1.29, 1.82) is 0 Å². The molecule has 0 aromatic heterocycles. The molecule has 0 radical (unpaired) electrons. The molecule has 0 aliphatic carbocycles. The Bertz CT molecular complexity index is 125. The zero-order valence-corrected chi connectivity index (χ0v) is 5.79. The maximum Gasteiger partial charge on any atom is 0.421 e. The summed E-state index contributed by atoms with van der Waals surface area (Å²) in [6.45, 7) is 3.86. The van der Waals surface area contributed by atoms with Gasteiger partial charge in [0, 0.05) is 6.54 Å². The van der Waals surface area contributed by atoms with E-state index in [2.05, 4.69) is 6.58 Å². The summed E-state index contributed by atoms with van der Waals surface area (Å²) < 4.78 is 0. The van der Waals surface area contributed by atoms with Crippen molar-refractivity contribution in [3.05, 3.63) is 12.7 Å². The first-order valence-corrected chi connectivity index (χ1v) is 3.04. The number of hydrazine groups is 1. The average Bonchev–Trinajstić information content (AvgIpc) is 1.88. The van der Waals surface area contributed by atoms with Gasteiger partial charge in [0.2, 0.25) is 0 Å². The van der Waals surface area contributed by atoms with Crippen molar-refractivity contribution in [3.63, 3.8) is 0 Å². The maximum atomic E-state index is 10.1. The first kappa shape index (κ1) is 8.97. The maximum absolute atomic E-state index is 10.1. The summed E-state index contributed by atoms with van der Waals surface area (Å²) in [6, 6.07) is 0. The van der Waals surface area contributed by atoms with Crippen LogP contribution in [0, 0.1) is 0 Å². The third-order valence-corrected chi connectivity index (χ3v) is 1.05. The van der Waals surface area contributed by atoms with Crippen LogP contribution in [0.3, 0.4) is 0 Å². The number of allylic oxidation sites excluding steroid dienone is 1. The minimum Gasteiger partial charge on any atom is -0.464 e. The fraction of sp³-hybridized carbons (Fsp3) is 0.500. The summed E-state index contributed by atoms with van der Waals surface area (Å²) in [5.74, 6) is 5.06. The van der Waals surface area contributed by atoms with Gasteiger partial charge in [-0.3, -0.25) is 0 Å². The molecule has 0 unspecified atom stereocenters. The van der Waals surface area contributed by atoms with Crippen LogP contribution in [0.4, 0.5) is 4.79 Å². The van der Waals surface area contributed by atoms with Crippen LogP contribution in [-0.2, 0) is 0 Å². The third-order valence-electron chi connectivity index (χ3n) is 1.05. The fourth-order valence-electron chi connectivity index (χ4n) is 0.502. The molecule has 0 saturated carbocycles. The Labute approximate surface area is 59.9 Å². The van der Waals surface area contributed by atoms with E-state index < -0.39 is 6.09 Å². The third kappa shape index (κ3) is 3.91. The van der Waals surface area contributed by atoms with Gasteiger partial charge < -0.3 is 5.11 Å². The Kier molecular flexibility index (Phi) is 4.32. The predicted octanol–water partition coefficient (Wildman–Crippen LogP) is 0.806. The number of nitrogens with zero attached hydrogens (tertiary/aromatic N) is 1. The highest BCUT2D eigenvalue weighted by molar-refractivity contribution is 5.63. The van der Waals surface area contributed by atoms with Crippen LogP contribution >= 0.6 is 0 Å². The Morgan fingerprint density at radius 1 is 1.80 bits per heavy atom. The van der Waals surface area contributed by atoms with E-state index in [1.165, 1.54) is 0 Å². The molecule has 0 heterocycles. The van der Waals surface area contributed by atoms with Crippen LogP contribution in [0.2, 0.25) is 0 Å². The van der Waals surface area contributed by atoms with Crippen LogP contribution in [0.25, 0.3) is 0 Å². The molecule has 0 saturated heterocycles. The van der Waals surface area contributed by atoms with E-state index in [4.69, 9.17) is 10.9 Å². The Hall–Kier alpha value is -1.03.